The van der Waals surface area contributed by atoms with Gasteiger partial charge in [-0.3, -0.25) is 4.79 Å². The van der Waals surface area contributed by atoms with Gasteiger partial charge >= 0.3 is 0 Å². The highest BCUT2D eigenvalue weighted by Crippen LogP contribution is 2.25. The first-order valence-corrected chi connectivity index (χ1v) is 6.42. The molecule has 1 aliphatic rings. The Morgan fingerprint density at radius 3 is 2.82 bits per heavy atom. The molecule has 2 rings (SSSR count). The van der Waals surface area contributed by atoms with Crippen LogP contribution < -0.4 is 0 Å². The maximum absolute atomic E-state index is 12.1. The number of pyridine rings is 1. The van der Waals surface area contributed by atoms with E-state index >= 15 is 0 Å². The molecular formula is C13H17ClN2O. The number of nitrogens with zero attached hydrogens (tertiary/aromatic N) is 2. The van der Waals surface area contributed by atoms with Gasteiger partial charge in [0.15, 0.2) is 0 Å². The predicted molar refractivity (Wildman–Crippen MR) is 68.2 cm³/mol. The Morgan fingerprint density at radius 2 is 2.18 bits per heavy atom. The minimum Gasteiger partial charge on any atom is -0.340 e. The molecule has 1 aromatic rings. The third kappa shape index (κ3) is 3.19. The number of hydrogen-bond donors (Lipinski definition) is 0. The number of rotatable bonds is 3. The van der Waals surface area contributed by atoms with Crippen LogP contribution in [0.4, 0.5) is 0 Å². The van der Waals surface area contributed by atoms with Crippen LogP contribution in [-0.4, -0.2) is 29.4 Å². The molecule has 0 radical (unpaired) electrons. The van der Waals surface area contributed by atoms with Crippen LogP contribution in [0.2, 0.25) is 5.15 Å². The van der Waals surface area contributed by atoms with Crippen molar-refractivity contribution < 1.29 is 4.79 Å². The quantitative estimate of drug-likeness (QED) is 0.775. The van der Waals surface area contributed by atoms with Gasteiger partial charge in [-0.05, 0) is 30.9 Å². The molecule has 0 aliphatic heterocycles. The van der Waals surface area contributed by atoms with Crippen molar-refractivity contribution in [2.75, 3.05) is 13.6 Å². The Morgan fingerprint density at radius 1 is 1.47 bits per heavy atom. The maximum Gasteiger partial charge on any atom is 0.272 e. The van der Waals surface area contributed by atoms with Crippen molar-refractivity contribution in [1.82, 2.24) is 9.88 Å². The summed E-state index contributed by atoms with van der Waals surface area (Å²) in [6.45, 7) is 0.826. The summed E-state index contributed by atoms with van der Waals surface area (Å²) in [5.74, 6) is 0.613. The summed E-state index contributed by atoms with van der Waals surface area (Å²) >= 11 is 5.78. The van der Waals surface area contributed by atoms with E-state index in [-0.39, 0.29) is 5.91 Å². The molecule has 0 aromatic carbocycles. The van der Waals surface area contributed by atoms with Crippen LogP contribution in [0.15, 0.2) is 18.2 Å². The van der Waals surface area contributed by atoms with Crippen LogP contribution in [-0.2, 0) is 0 Å². The van der Waals surface area contributed by atoms with Gasteiger partial charge in [0.1, 0.15) is 10.8 Å². The van der Waals surface area contributed by atoms with Crippen LogP contribution in [0.1, 0.15) is 36.2 Å². The summed E-state index contributed by atoms with van der Waals surface area (Å²) in [4.78, 5) is 17.9. The molecule has 0 saturated heterocycles. The monoisotopic (exact) mass is 252 g/mol. The second-order valence-electron chi connectivity index (χ2n) is 4.68. The Kier molecular flexibility index (Phi) is 4.00. The van der Waals surface area contributed by atoms with Crippen molar-refractivity contribution in [1.29, 1.82) is 0 Å². The fraction of sp³-hybridized carbons (Fsp3) is 0.538. The van der Waals surface area contributed by atoms with Gasteiger partial charge in [0.05, 0.1) is 0 Å². The number of carbonyl (C=O) groups is 1. The van der Waals surface area contributed by atoms with Crippen molar-refractivity contribution in [3.05, 3.63) is 29.0 Å². The molecule has 1 saturated carbocycles. The van der Waals surface area contributed by atoms with Gasteiger partial charge in [-0.15, -0.1) is 0 Å². The molecule has 1 fully saturated rings. The van der Waals surface area contributed by atoms with E-state index in [0.29, 0.717) is 16.8 Å². The van der Waals surface area contributed by atoms with Crippen LogP contribution in [0.5, 0.6) is 0 Å². The standard InChI is InChI=1S/C13H17ClN2O/c1-16(9-10-5-2-3-6-10)13(17)11-7-4-8-12(14)15-11/h4,7-8,10H,2-3,5-6,9H2,1H3. The molecule has 3 nitrogen and oxygen atoms in total. The van der Waals surface area contributed by atoms with Crippen LogP contribution in [0, 0.1) is 5.92 Å². The number of carbonyl (C=O) groups excluding carboxylic acids is 1. The lowest BCUT2D eigenvalue weighted by Crippen LogP contribution is -2.31. The first-order valence-electron chi connectivity index (χ1n) is 6.05. The molecule has 1 heterocycles. The zero-order valence-electron chi connectivity index (χ0n) is 10.0. The molecule has 1 amide bonds. The molecule has 0 atom stereocenters. The SMILES string of the molecule is CN(CC1CCCC1)C(=O)c1cccc(Cl)n1. The minimum absolute atomic E-state index is 0.0422. The zero-order chi connectivity index (χ0) is 12.3. The van der Waals surface area contributed by atoms with E-state index in [1.54, 1.807) is 23.1 Å². The first kappa shape index (κ1) is 12.4. The van der Waals surface area contributed by atoms with Crippen molar-refractivity contribution >= 4 is 17.5 Å². The molecule has 4 heteroatoms. The normalized spacial score (nSPS) is 16.1. The first-order chi connectivity index (χ1) is 8.16. The van der Waals surface area contributed by atoms with E-state index in [2.05, 4.69) is 4.98 Å². The van der Waals surface area contributed by atoms with Crippen LogP contribution in [0.25, 0.3) is 0 Å². The van der Waals surface area contributed by atoms with Crippen molar-refractivity contribution in [2.24, 2.45) is 5.92 Å². The second kappa shape index (κ2) is 5.50. The van der Waals surface area contributed by atoms with E-state index in [4.69, 9.17) is 11.6 Å². The Labute approximate surface area is 107 Å². The highest BCUT2D eigenvalue weighted by atomic mass is 35.5. The Balaban J connectivity index is 1.98. The highest BCUT2D eigenvalue weighted by molar-refractivity contribution is 6.29. The van der Waals surface area contributed by atoms with Crippen molar-refractivity contribution in [2.45, 2.75) is 25.7 Å². The van der Waals surface area contributed by atoms with Crippen molar-refractivity contribution in [3.63, 3.8) is 0 Å². The summed E-state index contributed by atoms with van der Waals surface area (Å²) in [6, 6.07) is 5.14. The van der Waals surface area contributed by atoms with Gasteiger partial charge in [-0.1, -0.05) is 30.5 Å². The van der Waals surface area contributed by atoms with Gasteiger partial charge < -0.3 is 4.90 Å². The minimum atomic E-state index is -0.0422. The van der Waals surface area contributed by atoms with Crippen LogP contribution in [0.3, 0.4) is 0 Å². The van der Waals surface area contributed by atoms with Gasteiger partial charge in [-0.25, -0.2) is 4.98 Å². The second-order valence-corrected chi connectivity index (χ2v) is 5.07. The summed E-state index contributed by atoms with van der Waals surface area (Å²) in [5, 5.41) is 0.366. The molecular weight excluding hydrogens is 236 g/mol. The zero-order valence-corrected chi connectivity index (χ0v) is 10.8. The topological polar surface area (TPSA) is 33.2 Å². The number of hydrogen-bond acceptors (Lipinski definition) is 2. The van der Waals surface area contributed by atoms with Crippen LogP contribution >= 0.6 is 11.6 Å². The third-order valence-corrected chi connectivity index (χ3v) is 3.50. The third-order valence-electron chi connectivity index (χ3n) is 3.29. The average Bonchev–Trinajstić information content (AvgIpc) is 2.80. The molecule has 1 aliphatic carbocycles. The predicted octanol–water partition coefficient (Wildman–Crippen LogP) is 3.00. The molecule has 92 valence electrons. The number of aromatic nitrogens is 1. The van der Waals surface area contributed by atoms with Gasteiger partial charge in [0.25, 0.3) is 5.91 Å². The molecule has 0 N–H and O–H groups in total. The van der Waals surface area contributed by atoms with E-state index in [1.165, 1.54) is 25.7 Å². The molecule has 17 heavy (non-hydrogen) atoms. The molecule has 0 bridgehead atoms. The largest absolute Gasteiger partial charge is 0.340 e. The lowest BCUT2D eigenvalue weighted by Gasteiger charge is -2.20. The summed E-state index contributed by atoms with van der Waals surface area (Å²) in [6.07, 6.45) is 5.06. The fourth-order valence-corrected chi connectivity index (χ4v) is 2.55. The molecule has 0 unspecified atom stereocenters. The highest BCUT2D eigenvalue weighted by Gasteiger charge is 2.20. The van der Waals surface area contributed by atoms with E-state index < -0.39 is 0 Å². The van der Waals surface area contributed by atoms with E-state index in [9.17, 15) is 4.79 Å². The van der Waals surface area contributed by atoms with Gasteiger partial charge in [0, 0.05) is 13.6 Å². The molecule has 0 spiro atoms. The maximum atomic E-state index is 12.1. The lowest BCUT2D eigenvalue weighted by molar-refractivity contribution is 0.0767. The summed E-state index contributed by atoms with van der Waals surface area (Å²) in [7, 11) is 1.84. The lowest BCUT2D eigenvalue weighted by atomic mass is 10.1. The Bertz CT molecular complexity index is 402. The van der Waals surface area contributed by atoms with E-state index in [0.717, 1.165) is 6.54 Å². The Hall–Kier alpha value is -1.09. The smallest absolute Gasteiger partial charge is 0.272 e. The van der Waals surface area contributed by atoms with Gasteiger partial charge in [-0.2, -0.15) is 0 Å². The molecule has 1 aromatic heterocycles. The van der Waals surface area contributed by atoms with Gasteiger partial charge in [0.2, 0.25) is 0 Å². The fourth-order valence-electron chi connectivity index (χ4n) is 2.39. The van der Waals surface area contributed by atoms with E-state index in [1.807, 2.05) is 7.05 Å². The van der Waals surface area contributed by atoms with Crippen molar-refractivity contribution in [3.8, 4) is 0 Å². The summed E-state index contributed by atoms with van der Waals surface area (Å²) < 4.78 is 0. The number of halogens is 1. The average molecular weight is 253 g/mol. The number of amides is 1. The summed E-state index contributed by atoms with van der Waals surface area (Å²) in [5.41, 5.74) is 0.429.